The van der Waals surface area contributed by atoms with Gasteiger partial charge in [0.1, 0.15) is 5.01 Å². The number of rotatable bonds is 4. The van der Waals surface area contributed by atoms with Crippen LogP contribution in [-0.4, -0.2) is 22.1 Å². The van der Waals surface area contributed by atoms with Crippen molar-refractivity contribution in [3.05, 3.63) is 27.3 Å². The molecule has 1 N–H and O–H groups in total. The molecule has 2 heterocycles. The van der Waals surface area contributed by atoms with Gasteiger partial charge < -0.3 is 10.1 Å². The van der Waals surface area contributed by atoms with E-state index in [2.05, 4.69) is 36.2 Å². The third kappa shape index (κ3) is 2.78. The molecule has 0 bridgehead atoms. The van der Waals surface area contributed by atoms with Gasteiger partial charge in [-0.25, -0.2) is 9.97 Å². The number of ether oxygens (including phenoxy) is 1. The number of thiazole rings is 1. The first-order valence-corrected chi connectivity index (χ1v) is 6.95. The largest absolute Gasteiger partial charge is 0.480 e. The normalized spacial score (nSPS) is 11.3. The SMILES string of the molecule is COc1nc(NC(C)(C)c2nccs2)ncc1Br. The van der Waals surface area contributed by atoms with Crippen molar-refractivity contribution >= 4 is 33.2 Å². The molecular formula is C11H13BrN4OS. The molecule has 18 heavy (non-hydrogen) atoms. The summed E-state index contributed by atoms with van der Waals surface area (Å²) >= 11 is 4.91. The van der Waals surface area contributed by atoms with Crippen LogP contribution in [0.15, 0.2) is 22.2 Å². The van der Waals surface area contributed by atoms with Gasteiger partial charge in [-0.05, 0) is 29.8 Å². The Bertz CT molecular complexity index is 530. The summed E-state index contributed by atoms with van der Waals surface area (Å²) in [4.78, 5) is 12.8. The van der Waals surface area contributed by atoms with E-state index < -0.39 is 0 Å². The van der Waals surface area contributed by atoms with E-state index in [1.54, 1.807) is 30.8 Å². The number of hydrogen-bond acceptors (Lipinski definition) is 6. The Morgan fingerprint density at radius 3 is 2.78 bits per heavy atom. The average Bonchev–Trinajstić information content (AvgIpc) is 2.85. The molecule has 2 aromatic heterocycles. The van der Waals surface area contributed by atoms with E-state index in [-0.39, 0.29) is 5.54 Å². The zero-order chi connectivity index (χ0) is 13.2. The Hall–Kier alpha value is -1.21. The van der Waals surface area contributed by atoms with Crippen LogP contribution in [-0.2, 0) is 5.54 Å². The summed E-state index contributed by atoms with van der Waals surface area (Å²) in [6, 6.07) is 0. The van der Waals surface area contributed by atoms with Crippen LogP contribution in [0.4, 0.5) is 5.95 Å². The van der Waals surface area contributed by atoms with Crippen LogP contribution in [0.5, 0.6) is 5.88 Å². The fourth-order valence-electron chi connectivity index (χ4n) is 1.42. The number of nitrogens with zero attached hydrogens (tertiary/aromatic N) is 3. The van der Waals surface area contributed by atoms with Gasteiger partial charge in [-0.3, -0.25) is 0 Å². The van der Waals surface area contributed by atoms with Crippen molar-refractivity contribution < 1.29 is 4.74 Å². The molecule has 0 amide bonds. The van der Waals surface area contributed by atoms with Gasteiger partial charge >= 0.3 is 0 Å². The number of nitrogens with one attached hydrogen (secondary N) is 1. The van der Waals surface area contributed by atoms with Gasteiger partial charge in [-0.2, -0.15) is 4.98 Å². The second kappa shape index (κ2) is 5.19. The maximum atomic E-state index is 5.14. The van der Waals surface area contributed by atoms with Crippen molar-refractivity contribution in [2.45, 2.75) is 19.4 Å². The molecule has 0 atom stereocenters. The first-order valence-electron chi connectivity index (χ1n) is 5.27. The molecule has 0 saturated carbocycles. The van der Waals surface area contributed by atoms with E-state index in [0.29, 0.717) is 11.8 Å². The van der Waals surface area contributed by atoms with Gasteiger partial charge in [0.25, 0.3) is 0 Å². The highest BCUT2D eigenvalue weighted by atomic mass is 79.9. The number of anilines is 1. The lowest BCUT2D eigenvalue weighted by Crippen LogP contribution is -2.28. The Balaban J connectivity index is 2.24. The van der Waals surface area contributed by atoms with Gasteiger partial charge in [0.2, 0.25) is 11.8 Å². The van der Waals surface area contributed by atoms with Crippen LogP contribution in [0, 0.1) is 0 Å². The van der Waals surface area contributed by atoms with Gasteiger partial charge in [0.15, 0.2) is 0 Å². The first-order chi connectivity index (χ1) is 8.53. The van der Waals surface area contributed by atoms with Gasteiger partial charge in [0, 0.05) is 11.6 Å². The summed E-state index contributed by atoms with van der Waals surface area (Å²) in [7, 11) is 1.57. The minimum atomic E-state index is -0.326. The van der Waals surface area contributed by atoms with Crippen molar-refractivity contribution in [1.82, 2.24) is 15.0 Å². The van der Waals surface area contributed by atoms with E-state index in [1.807, 2.05) is 19.2 Å². The van der Waals surface area contributed by atoms with Crippen LogP contribution in [0.25, 0.3) is 0 Å². The molecule has 0 unspecified atom stereocenters. The lowest BCUT2D eigenvalue weighted by molar-refractivity contribution is 0.394. The number of halogens is 1. The van der Waals surface area contributed by atoms with E-state index in [0.717, 1.165) is 9.48 Å². The standard InChI is InChI=1S/C11H13BrN4OS/c1-11(2,9-13-4-5-18-9)16-10-14-6-7(12)8(15-10)17-3/h4-6H,1-3H3,(H,14,15,16). The van der Waals surface area contributed by atoms with E-state index in [1.165, 1.54) is 0 Å². The number of methoxy groups -OCH3 is 1. The van der Waals surface area contributed by atoms with Crippen molar-refractivity contribution in [2.24, 2.45) is 0 Å². The molecule has 0 saturated heterocycles. The highest BCUT2D eigenvalue weighted by molar-refractivity contribution is 9.10. The summed E-state index contributed by atoms with van der Waals surface area (Å²) in [5, 5.41) is 6.17. The highest BCUT2D eigenvalue weighted by Gasteiger charge is 2.24. The molecule has 0 aromatic carbocycles. The van der Waals surface area contributed by atoms with Crippen LogP contribution < -0.4 is 10.1 Å². The molecule has 0 spiro atoms. The predicted molar refractivity (Wildman–Crippen MR) is 75.0 cm³/mol. The van der Waals surface area contributed by atoms with Crippen LogP contribution in [0.2, 0.25) is 0 Å². The maximum absolute atomic E-state index is 5.14. The zero-order valence-corrected chi connectivity index (χ0v) is 12.7. The van der Waals surface area contributed by atoms with Crippen molar-refractivity contribution in [2.75, 3.05) is 12.4 Å². The smallest absolute Gasteiger partial charge is 0.232 e. The molecule has 7 heteroatoms. The summed E-state index contributed by atoms with van der Waals surface area (Å²) in [6.07, 6.45) is 3.44. The third-order valence-electron chi connectivity index (χ3n) is 2.30. The zero-order valence-electron chi connectivity index (χ0n) is 10.3. The van der Waals surface area contributed by atoms with E-state index >= 15 is 0 Å². The number of aromatic nitrogens is 3. The molecular weight excluding hydrogens is 316 g/mol. The molecule has 96 valence electrons. The molecule has 0 fully saturated rings. The summed E-state index contributed by atoms with van der Waals surface area (Å²) < 4.78 is 5.86. The lowest BCUT2D eigenvalue weighted by atomic mass is 10.1. The molecule has 2 aromatic rings. The minimum Gasteiger partial charge on any atom is -0.480 e. The first kappa shape index (κ1) is 13.2. The Morgan fingerprint density at radius 1 is 1.39 bits per heavy atom. The second-order valence-corrected chi connectivity index (χ2v) is 5.89. The molecule has 2 rings (SSSR count). The second-order valence-electron chi connectivity index (χ2n) is 4.14. The number of hydrogen-bond donors (Lipinski definition) is 1. The van der Waals surface area contributed by atoms with Gasteiger partial charge in [-0.1, -0.05) is 0 Å². The molecule has 0 aliphatic carbocycles. The maximum Gasteiger partial charge on any atom is 0.232 e. The van der Waals surface area contributed by atoms with Gasteiger partial charge in [0.05, 0.1) is 23.3 Å². The fourth-order valence-corrected chi connectivity index (χ4v) is 2.49. The van der Waals surface area contributed by atoms with Crippen molar-refractivity contribution in [3.8, 4) is 5.88 Å². The predicted octanol–water partition coefficient (Wildman–Crippen LogP) is 3.05. The van der Waals surface area contributed by atoms with Gasteiger partial charge in [-0.15, -0.1) is 11.3 Å². The lowest BCUT2D eigenvalue weighted by Gasteiger charge is -2.23. The van der Waals surface area contributed by atoms with Crippen molar-refractivity contribution in [3.63, 3.8) is 0 Å². The van der Waals surface area contributed by atoms with E-state index in [9.17, 15) is 0 Å². The topological polar surface area (TPSA) is 59.9 Å². The van der Waals surface area contributed by atoms with Crippen LogP contribution in [0.1, 0.15) is 18.9 Å². The van der Waals surface area contributed by atoms with Crippen molar-refractivity contribution in [1.29, 1.82) is 0 Å². The fraction of sp³-hybridized carbons (Fsp3) is 0.364. The Morgan fingerprint density at radius 2 is 2.17 bits per heavy atom. The monoisotopic (exact) mass is 328 g/mol. The quantitative estimate of drug-likeness (QED) is 0.934. The Labute approximate surface area is 118 Å². The Kier molecular flexibility index (Phi) is 3.82. The summed E-state index contributed by atoms with van der Waals surface area (Å²) in [5.41, 5.74) is -0.326. The third-order valence-corrected chi connectivity index (χ3v) is 3.94. The average molecular weight is 329 g/mol. The highest BCUT2D eigenvalue weighted by Crippen LogP contribution is 2.28. The summed E-state index contributed by atoms with van der Waals surface area (Å²) in [6.45, 7) is 4.06. The molecule has 0 radical (unpaired) electrons. The molecule has 0 aliphatic rings. The summed E-state index contributed by atoms with van der Waals surface area (Å²) in [5.74, 6) is 1.01. The molecule has 0 aliphatic heterocycles. The van der Waals surface area contributed by atoms with Crippen LogP contribution >= 0.6 is 27.3 Å². The van der Waals surface area contributed by atoms with E-state index in [4.69, 9.17) is 4.74 Å². The molecule has 5 nitrogen and oxygen atoms in total. The van der Waals surface area contributed by atoms with Crippen LogP contribution in [0.3, 0.4) is 0 Å². The minimum absolute atomic E-state index is 0.326.